The van der Waals surface area contributed by atoms with Gasteiger partial charge in [-0.2, -0.15) is 10.4 Å². The molecule has 0 spiro atoms. The average molecular weight is 385 g/mol. The summed E-state index contributed by atoms with van der Waals surface area (Å²) in [6, 6.07) is 16.9. The van der Waals surface area contributed by atoms with Crippen molar-refractivity contribution in [2.24, 2.45) is 5.10 Å². The Kier molecular flexibility index (Phi) is 4.71. The Hall–Kier alpha value is -4.12. The minimum Gasteiger partial charge on any atom is -0.497 e. The fourth-order valence-corrected chi connectivity index (χ4v) is 3.17. The lowest BCUT2D eigenvalue weighted by atomic mass is 10.2. The van der Waals surface area contributed by atoms with Crippen molar-refractivity contribution in [3.05, 3.63) is 71.5 Å². The lowest BCUT2D eigenvalue weighted by molar-refractivity contribution is 0.415. The number of rotatable bonds is 4. The van der Waals surface area contributed by atoms with Crippen LogP contribution in [0, 0.1) is 16.7 Å². The van der Waals surface area contributed by atoms with E-state index in [1.807, 2.05) is 48.2 Å². The molecule has 2 aromatic carbocycles. The molecule has 29 heavy (non-hydrogen) atoms. The molecule has 3 aromatic rings. The van der Waals surface area contributed by atoms with Crippen LogP contribution in [0.25, 0.3) is 0 Å². The number of benzene rings is 2. The largest absolute Gasteiger partial charge is 0.497 e. The van der Waals surface area contributed by atoms with Crippen LogP contribution in [0.3, 0.4) is 0 Å². The molecule has 1 aliphatic heterocycles. The quantitative estimate of drug-likeness (QED) is 0.672. The summed E-state index contributed by atoms with van der Waals surface area (Å²) in [5, 5.41) is 25.2. The highest BCUT2D eigenvalue weighted by molar-refractivity contribution is 5.80. The predicted molar refractivity (Wildman–Crippen MR) is 110 cm³/mol. The van der Waals surface area contributed by atoms with Crippen LogP contribution in [0.5, 0.6) is 5.75 Å². The van der Waals surface area contributed by atoms with Gasteiger partial charge in [-0.25, -0.2) is 9.66 Å². The summed E-state index contributed by atoms with van der Waals surface area (Å²) in [7, 11) is 1.62. The Morgan fingerprint density at radius 3 is 2.59 bits per heavy atom. The molecule has 1 aromatic heterocycles. The third-order valence-electron chi connectivity index (χ3n) is 4.67. The Bertz CT molecular complexity index is 1160. The minimum atomic E-state index is -0.0871. The van der Waals surface area contributed by atoms with Crippen molar-refractivity contribution in [3.63, 3.8) is 0 Å². The molecule has 2 N–H and O–H groups in total. The number of aromatic nitrogens is 2. The Labute approximate surface area is 167 Å². The lowest BCUT2D eigenvalue weighted by Crippen LogP contribution is -2.28. The van der Waals surface area contributed by atoms with Crippen molar-refractivity contribution in [1.29, 1.82) is 10.7 Å². The topological polar surface area (TPSA) is 102 Å². The van der Waals surface area contributed by atoms with Crippen molar-refractivity contribution >= 4 is 23.4 Å². The predicted octanol–water partition coefficient (Wildman–Crippen LogP) is 3.03. The van der Waals surface area contributed by atoms with Crippen LogP contribution in [0.15, 0.2) is 60.0 Å². The molecule has 0 saturated carbocycles. The van der Waals surface area contributed by atoms with Gasteiger partial charge in [-0.05, 0) is 61.0 Å². The molecular formula is C21H19N7O. The minimum absolute atomic E-state index is 0.0871. The van der Waals surface area contributed by atoms with Crippen LogP contribution in [0.1, 0.15) is 18.1 Å². The molecule has 0 radical (unpaired) electrons. The molecule has 2 heterocycles. The van der Waals surface area contributed by atoms with Crippen LogP contribution in [-0.2, 0) is 0 Å². The van der Waals surface area contributed by atoms with Crippen molar-refractivity contribution in [2.45, 2.75) is 13.1 Å². The standard InChI is InChI=1S/C21H19N7O/c1-14-26-19-20(23)27(25-12-16-5-9-18(29-2)10-6-16)13-24-21(19)28(14)17-7-3-15(11-22)4-8-17/h3-10,12-14,23,26H,1-2H3/b23-20?,25-12-. The molecule has 4 rings (SSSR count). The highest BCUT2D eigenvalue weighted by Gasteiger charge is 2.30. The summed E-state index contributed by atoms with van der Waals surface area (Å²) in [6.45, 7) is 1.99. The maximum atomic E-state index is 8.99. The van der Waals surface area contributed by atoms with Gasteiger partial charge in [0.1, 0.15) is 23.9 Å². The molecule has 0 fully saturated rings. The van der Waals surface area contributed by atoms with Gasteiger partial charge in [-0.15, -0.1) is 0 Å². The smallest absolute Gasteiger partial charge is 0.175 e. The van der Waals surface area contributed by atoms with Gasteiger partial charge < -0.3 is 15.0 Å². The molecule has 1 aliphatic rings. The molecule has 8 heteroatoms. The third-order valence-corrected chi connectivity index (χ3v) is 4.67. The van der Waals surface area contributed by atoms with E-state index in [0.717, 1.165) is 17.0 Å². The second kappa shape index (κ2) is 7.48. The first-order valence-corrected chi connectivity index (χ1v) is 9.01. The zero-order valence-electron chi connectivity index (χ0n) is 16.0. The maximum absolute atomic E-state index is 8.99. The number of hydrogen-bond donors (Lipinski definition) is 2. The second-order valence-electron chi connectivity index (χ2n) is 6.50. The van der Waals surface area contributed by atoms with E-state index >= 15 is 0 Å². The van der Waals surface area contributed by atoms with E-state index in [-0.39, 0.29) is 11.7 Å². The van der Waals surface area contributed by atoms with Gasteiger partial charge in [-0.1, -0.05) is 0 Å². The van der Waals surface area contributed by atoms with E-state index in [4.69, 9.17) is 15.4 Å². The van der Waals surface area contributed by atoms with Crippen LogP contribution < -0.4 is 20.4 Å². The van der Waals surface area contributed by atoms with Gasteiger partial charge in [0.25, 0.3) is 0 Å². The summed E-state index contributed by atoms with van der Waals surface area (Å²) < 4.78 is 6.57. The highest BCUT2D eigenvalue weighted by Crippen LogP contribution is 2.35. The van der Waals surface area contributed by atoms with E-state index in [9.17, 15) is 0 Å². The summed E-state index contributed by atoms with van der Waals surface area (Å²) >= 11 is 0. The molecule has 1 unspecified atom stereocenters. The SMILES string of the molecule is COc1ccc(/C=N\n2cnc3c(c2=N)NC(C)N3c2ccc(C#N)cc2)cc1. The molecule has 144 valence electrons. The first-order chi connectivity index (χ1) is 14.1. The number of anilines is 3. The van der Waals surface area contributed by atoms with Crippen molar-refractivity contribution in [2.75, 3.05) is 17.3 Å². The van der Waals surface area contributed by atoms with Gasteiger partial charge in [0.15, 0.2) is 11.3 Å². The molecule has 0 amide bonds. The Morgan fingerprint density at radius 2 is 1.93 bits per heavy atom. The fraction of sp³-hybridized carbons (Fsp3) is 0.143. The first-order valence-electron chi connectivity index (χ1n) is 9.01. The zero-order valence-corrected chi connectivity index (χ0v) is 16.0. The van der Waals surface area contributed by atoms with Gasteiger partial charge in [-0.3, -0.25) is 5.41 Å². The second-order valence-corrected chi connectivity index (χ2v) is 6.50. The molecule has 8 nitrogen and oxygen atoms in total. The monoisotopic (exact) mass is 385 g/mol. The number of methoxy groups -OCH3 is 1. The van der Waals surface area contributed by atoms with Gasteiger partial charge in [0, 0.05) is 5.69 Å². The highest BCUT2D eigenvalue weighted by atomic mass is 16.5. The van der Waals surface area contributed by atoms with Crippen molar-refractivity contribution < 1.29 is 4.74 Å². The summed E-state index contributed by atoms with van der Waals surface area (Å²) in [6.07, 6.45) is 3.11. The Morgan fingerprint density at radius 1 is 1.21 bits per heavy atom. The van der Waals surface area contributed by atoms with Gasteiger partial charge in [0.2, 0.25) is 0 Å². The molecule has 0 bridgehead atoms. The molecular weight excluding hydrogens is 366 g/mol. The number of hydrogen-bond acceptors (Lipinski definition) is 7. The molecule has 0 aliphatic carbocycles. The van der Waals surface area contributed by atoms with E-state index in [2.05, 4.69) is 21.5 Å². The number of nitrogens with one attached hydrogen (secondary N) is 2. The summed E-state index contributed by atoms with van der Waals surface area (Å²) in [5.41, 5.74) is 3.20. The summed E-state index contributed by atoms with van der Waals surface area (Å²) in [4.78, 5) is 6.51. The van der Waals surface area contributed by atoms with Gasteiger partial charge in [0.05, 0.1) is 25.0 Å². The lowest BCUT2D eigenvalue weighted by Gasteiger charge is -2.22. The number of fused-ring (bicyclic) bond motifs is 1. The van der Waals surface area contributed by atoms with Crippen molar-refractivity contribution in [1.82, 2.24) is 9.66 Å². The number of nitriles is 1. The van der Waals surface area contributed by atoms with Crippen molar-refractivity contribution in [3.8, 4) is 11.8 Å². The van der Waals surface area contributed by atoms with Gasteiger partial charge >= 0.3 is 0 Å². The Balaban J connectivity index is 1.64. The number of nitrogens with zero attached hydrogens (tertiary/aromatic N) is 5. The normalized spacial score (nSPS) is 15.1. The van der Waals surface area contributed by atoms with E-state index < -0.39 is 0 Å². The first kappa shape index (κ1) is 18.3. The summed E-state index contributed by atoms with van der Waals surface area (Å²) in [5.74, 6) is 1.43. The van der Waals surface area contributed by atoms with E-state index in [1.54, 1.807) is 25.5 Å². The fourth-order valence-electron chi connectivity index (χ4n) is 3.17. The zero-order chi connectivity index (χ0) is 20.4. The van der Waals surface area contributed by atoms with Crippen LogP contribution >= 0.6 is 0 Å². The maximum Gasteiger partial charge on any atom is 0.175 e. The van der Waals surface area contributed by atoms with E-state index in [1.165, 1.54) is 11.0 Å². The number of ether oxygens (including phenoxy) is 1. The average Bonchev–Trinajstić information content (AvgIpc) is 3.10. The molecule has 1 atom stereocenters. The van der Waals surface area contributed by atoms with Crippen LogP contribution in [-0.4, -0.2) is 29.2 Å². The van der Waals surface area contributed by atoms with Crippen LogP contribution in [0.2, 0.25) is 0 Å². The third kappa shape index (κ3) is 3.41. The van der Waals surface area contributed by atoms with Crippen LogP contribution in [0.4, 0.5) is 17.2 Å². The molecule has 0 saturated heterocycles. The van der Waals surface area contributed by atoms with E-state index in [0.29, 0.717) is 17.1 Å².